The van der Waals surface area contributed by atoms with Crippen LogP contribution in [0.3, 0.4) is 0 Å². The monoisotopic (exact) mass is 291 g/mol. The summed E-state index contributed by atoms with van der Waals surface area (Å²) in [7, 11) is 0. The highest BCUT2D eigenvalue weighted by Crippen LogP contribution is 2.20. The third kappa shape index (κ3) is 4.10. The molecule has 0 saturated heterocycles. The van der Waals surface area contributed by atoms with Gasteiger partial charge in [0.1, 0.15) is 22.5 Å². The van der Waals surface area contributed by atoms with Crippen molar-refractivity contribution >= 4 is 23.1 Å². The molecule has 0 aliphatic carbocycles. The molecule has 1 aromatic carbocycles. The molecule has 1 N–H and O–H groups in total. The molecule has 0 aliphatic heterocycles. The lowest BCUT2D eigenvalue weighted by Crippen LogP contribution is -2.00. The highest BCUT2D eigenvalue weighted by molar-refractivity contribution is 6.29. The van der Waals surface area contributed by atoms with Crippen LogP contribution in [0.4, 0.5) is 11.5 Å². The number of anilines is 2. The fourth-order valence-electron chi connectivity index (χ4n) is 1.81. The van der Waals surface area contributed by atoms with Gasteiger partial charge < -0.3 is 10.1 Å². The van der Waals surface area contributed by atoms with Gasteiger partial charge in [0.25, 0.3) is 0 Å². The van der Waals surface area contributed by atoms with Crippen LogP contribution in [0.5, 0.6) is 5.75 Å². The molecule has 0 atom stereocenters. The van der Waals surface area contributed by atoms with Crippen LogP contribution in [0.2, 0.25) is 5.15 Å². The Bertz CT molecular complexity index is 558. The number of ether oxygens (including phenoxy) is 1. The molecule has 0 bridgehead atoms. The zero-order valence-electron chi connectivity index (χ0n) is 11.7. The number of nitrogens with one attached hydrogen (secondary N) is 1. The van der Waals surface area contributed by atoms with E-state index in [-0.39, 0.29) is 0 Å². The Labute approximate surface area is 124 Å². The summed E-state index contributed by atoms with van der Waals surface area (Å²) in [5.74, 6) is 2.32. The Kier molecular flexibility index (Phi) is 5.18. The minimum Gasteiger partial charge on any atom is -0.494 e. The molecule has 0 saturated carbocycles. The number of benzene rings is 1. The Morgan fingerprint density at radius 1 is 1.15 bits per heavy atom. The lowest BCUT2D eigenvalue weighted by atomic mass is 10.3. The second-order valence-electron chi connectivity index (χ2n) is 4.32. The van der Waals surface area contributed by atoms with Crippen molar-refractivity contribution in [1.82, 2.24) is 9.97 Å². The molecule has 2 rings (SSSR count). The number of hydrogen-bond acceptors (Lipinski definition) is 4. The maximum atomic E-state index is 6.01. The largest absolute Gasteiger partial charge is 0.494 e. The van der Waals surface area contributed by atoms with Gasteiger partial charge in [-0.2, -0.15) is 0 Å². The van der Waals surface area contributed by atoms with E-state index in [0.717, 1.165) is 30.1 Å². The molecular weight excluding hydrogens is 274 g/mol. The van der Waals surface area contributed by atoms with Gasteiger partial charge in [-0.05, 0) is 37.6 Å². The van der Waals surface area contributed by atoms with Crippen LogP contribution in [-0.4, -0.2) is 16.6 Å². The predicted octanol–water partition coefficient (Wildman–Crippen LogP) is 4.22. The van der Waals surface area contributed by atoms with E-state index in [1.807, 2.05) is 31.2 Å². The normalized spacial score (nSPS) is 10.3. The third-order valence-corrected chi connectivity index (χ3v) is 2.85. The highest BCUT2D eigenvalue weighted by Gasteiger charge is 2.03. The van der Waals surface area contributed by atoms with Gasteiger partial charge in [-0.25, -0.2) is 9.97 Å². The van der Waals surface area contributed by atoms with Crippen molar-refractivity contribution in [2.75, 3.05) is 11.9 Å². The standard InChI is InChI=1S/C15H18ClN3O/c1-3-5-14-18-13(16)10-15(19-14)17-11-6-8-12(9-7-11)20-4-2/h6-10H,3-5H2,1-2H3,(H,17,18,19). The Hall–Kier alpha value is -1.81. The zero-order chi connectivity index (χ0) is 14.4. The van der Waals surface area contributed by atoms with E-state index in [9.17, 15) is 0 Å². The molecule has 0 fully saturated rings. The van der Waals surface area contributed by atoms with Gasteiger partial charge in [-0.1, -0.05) is 18.5 Å². The van der Waals surface area contributed by atoms with E-state index in [2.05, 4.69) is 22.2 Å². The van der Waals surface area contributed by atoms with E-state index in [1.165, 1.54) is 0 Å². The molecule has 1 aromatic heterocycles. The topological polar surface area (TPSA) is 47.0 Å². The van der Waals surface area contributed by atoms with Crippen molar-refractivity contribution < 1.29 is 4.74 Å². The average Bonchev–Trinajstić information content (AvgIpc) is 2.41. The molecule has 4 nitrogen and oxygen atoms in total. The van der Waals surface area contributed by atoms with Crippen molar-refractivity contribution in [3.05, 3.63) is 41.3 Å². The smallest absolute Gasteiger partial charge is 0.135 e. The molecule has 0 aliphatic rings. The quantitative estimate of drug-likeness (QED) is 0.809. The fourth-order valence-corrected chi connectivity index (χ4v) is 2.01. The number of aryl methyl sites for hydroxylation is 1. The molecular formula is C15H18ClN3O. The Morgan fingerprint density at radius 3 is 2.55 bits per heavy atom. The molecule has 20 heavy (non-hydrogen) atoms. The second kappa shape index (κ2) is 7.10. The maximum absolute atomic E-state index is 6.01. The SMILES string of the molecule is CCCc1nc(Cl)cc(Nc2ccc(OCC)cc2)n1. The molecule has 1 heterocycles. The maximum Gasteiger partial charge on any atom is 0.135 e. The van der Waals surface area contributed by atoms with Gasteiger partial charge in [0, 0.05) is 18.2 Å². The summed E-state index contributed by atoms with van der Waals surface area (Å²) >= 11 is 6.01. The highest BCUT2D eigenvalue weighted by atomic mass is 35.5. The summed E-state index contributed by atoms with van der Waals surface area (Å²) in [5, 5.41) is 3.68. The van der Waals surface area contributed by atoms with Crippen LogP contribution < -0.4 is 10.1 Å². The van der Waals surface area contributed by atoms with Gasteiger partial charge in [-0.3, -0.25) is 0 Å². The van der Waals surface area contributed by atoms with Crippen LogP contribution in [0.1, 0.15) is 26.1 Å². The molecule has 106 valence electrons. The fraction of sp³-hybridized carbons (Fsp3) is 0.333. The summed E-state index contributed by atoms with van der Waals surface area (Å²) in [6.07, 6.45) is 1.81. The predicted molar refractivity (Wildman–Crippen MR) is 81.9 cm³/mol. The Balaban J connectivity index is 2.12. The van der Waals surface area contributed by atoms with Gasteiger partial charge in [-0.15, -0.1) is 0 Å². The zero-order valence-corrected chi connectivity index (χ0v) is 12.4. The van der Waals surface area contributed by atoms with E-state index < -0.39 is 0 Å². The molecule has 0 spiro atoms. The number of halogens is 1. The van der Waals surface area contributed by atoms with Crippen LogP contribution in [-0.2, 0) is 6.42 Å². The van der Waals surface area contributed by atoms with E-state index in [1.54, 1.807) is 6.07 Å². The van der Waals surface area contributed by atoms with Crippen molar-refractivity contribution in [2.45, 2.75) is 26.7 Å². The Morgan fingerprint density at radius 2 is 1.90 bits per heavy atom. The number of rotatable bonds is 6. The van der Waals surface area contributed by atoms with E-state index >= 15 is 0 Å². The van der Waals surface area contributed by atoms with Crippen molar-refractivity contribution in [3.8, 4) is 5.75 Å². The second-order valence-corrected chi connectivity index (χ2v) is 4.71. The molecule has 0 radical (unpaired) electrons. The first kappa shape index (κ1) is 14.6. The summed E-state index contributed by atoms with van der Waals surface area (Å²) < 4.78 is 5.41. The molecule has 2 aromatic rings. The first-order valence-electron chi connectivity index (χ1n) is 6.74. The lowest BCUT2D eigenvalue weighted by Gasteiger charge is -2.09. The number of aromatic nitrogens is 2. The summed E-state index contributed by atoms with van der Waals surface area (Å²) in [5.41, 5.74) is 0.936. The van der Waals surface area contributed by atoms with E-state index in [0.29, 0.717) is 17.6 Å². The van der Waals surface area contributed by atoms with Gasteiger partial charge >= 0.3 is 0 Å². The molecule has 0 unspecified atom stereocenters. The lowest BCUT2D eigenvalue weighted by molar-refractivity contribution is 0.340. The van der Waals surface area contributed by atoms with Crippen molar-refractivity contribution in [1.29, 1.82) is 0 Å². The van der Waals surface area contributed by atoms with Crippen LogP contribution in [0, 0.1) is 0 Å². The molecule has 5 heteroatoms. The van der Waals surface area contributed by atoms with Crippen LogP contribution in [0.15, 0.2) is 30.3 Å². The number of hydrogen-bond donors (Lipinski definition) is 1. The first-order valence-corrected chi connectivity index (χ1v) is 7.12. The van der Waals surface area contributed by atoms with E-state index in [4.69, 9.17) is 16.3 Å². The van der Waals surface area contributed by atoms with Crippen molar-refractivity contribution in [3.63, 3.8) is 0 Å². The van der Waals surface area contributed by atoms with Crippen LogP contribution in [0.25, 0.3) is 0 Å². The average molecular weight is 292 g/mol. The third-order valence-electron chi connectivity index (χ3n) is 2.65. The van der Waals surface area contributed by atoms with Crippen molar-refractivity contribution in [2.24, 2.45) is 0 Å². The van der Waals surface area contributed by atoms with Crippen LogP contribution >= 0.6 is 11.6 Å². The van der Waals surface area contributed by atoms with Gasteiger partial charge in [0.2, 0.25) is 0 Å². The molecule has 0 amide bonds. The van der Waals surface area contributed by atoms with Gasteiger partial charge in [0.05, 0.1) is 6.61 Å². The summed E-state index contributed by atoms with van der Waals surface area (Å²) in [6, 6.07) is 9.45. The number of nitrogens with zero attached hydrogens (tertiary/aromatic N) is 2. The minimum absolute atomic E-state index is 0.455. The minimum atomic E-state index is 0.455. The van der Waals surface area contributed by atoms with Gasteiger partial charge in [0.15, 0.2) is 0 Å². The summed E-state index contributed by atoms with van der Waals surface area (Å²) in [4.78, 5) is 8.64. The first-order chi connectivity index (χ1) is 9.71. The summed E-state index contributed by atoms with van der Waals surface area (Å²) in [6.45, 7) is 4.71.